The van der Waals surface area contributed by atoms with Gasteiger partial charge < -0.3 is 5.32 Å². The molecule has 1 N–H and O–H groups in total. The average molecular weight is 585 g/mol. The number of nitrogens with zero attached hydrogens (tertiary/aromatic N) is 1. The van der Waals surface area contributed by atoms with E-state index in [1.807, 2.05) is 11.4 Å². The molecule has 12 heteroatoms. The van der Waals surface area contributed by atoms with E-state index in [9.17, 15) is 21.6 Å². The minimum atomic E-state index is -4.05. The Morgan fingerprint density at radius 2 is 1.81 bits per heavy atom. The van der Waals surface area contributed by atoms with Gasteiger partial charge in [0.15, 0.2) is 15.5 Å². The van der Waals surface area contributed by atoms with Crippen molar-refractivity contribution in [3.8, 4) is 11.1 Å². The molecule has 1 aliphatic heterocycles. The number of amides is 1. The van der Waals surface area contributed by atoms with Crippen LogP contribution in [-0.2, 0) is 24.7 Å². The van der Waals surface area contributed by atoms with Gasteiger partial charge in [-0.15, -0.1) is 11.3 Å². The number of hydrogen-bond donors (Lipinski definition) is 1. The molecule has 1 amide bonds. The van der Waals surface area contributed by atoms with Gasteiger partial charge >= 0.3 is 0 Å². The second kappa shape index (κ2) is 10.5. The SMILES string of the molecule is C[C@H](/C=C\S(C)(=O)=O)NC(=O)C1(F)CCN(S(=O)(=O)c2cc3sccc3cc2-c2ccccc2Cl)CC1. The lowest BCUT2D eigenvalue weighted by Crippen LogP contribution is -2.53. The van der Waals surface area contributed by atoms with Crippen LogP contribution in [0.4, 0.5) is 4.39 Å². The fourth-order valence-electron chi connectivity index (χ4n) is 4.19. The van der Waals surface area contributed by atoms with E-state index in [4.69, 9.17) is 11.6 Å². The van der Waals surface area contributed by atoms with Gasteiger partial charge in [-0.25, -0.2) is 21.2 Å². The number of hydrogen-bond acceptors (Lipinski definition) is 6. The molecule has 1 atom stereocenters. The largest absolute Gasteiger partial charge is 0.347 e. The van der Waals surface area contributed by atoms with Gasteiger partial charge in [0, 0.05) is 64.5 Å². The molecule has 37 heavy (non-hydrogen) atoms. The van der Waals surface area contributed by atoms with Gasteiger partial charge in [0.1, 0.15) is 0 Å². The molecule has 1 aliphatic rings. The summed E-state index contributed by atoms with van der Waals surface area (Å²) in [5.41, 5.74) is -1.25. The van der Waals surface area contributed by atoms with Crippen LogP contribution in [-0.4, -0.2) is 58.1 Å². The Bertz CT molecular complexity index is 1580. The van der Waals surface area contributed by atoms with E-state index in [-0.39, 0.29) is 30.8 Å². The lowest BCUT2D eigenvalue weighted by atomic mass is 9.93. The fourth-order valence-corrected chi connectivity index (χ4v) is 7.48. The standard InChI is InChI=1S/C25H26ClFN2O5S3/c1-17(8-14-36(2,31)32)28-24(30)25(27)9-11-29(12-10-25)37(33,34)23-16-22-18(7-13-35-22)15-20(23)19-5-3-4-6-21(19)26/h3-8,13-17H,9-12H2,1-2H3,(H,28,30)/b14-8-/t17-/m1/s1. The first-order valence-corrected chi connectivity index (χ1v) is 16.1. The Morgan fingerprint density at radius 1 is 1.14 bits per heavy atom. The van der Waals surface area contributed by atoms with Crippen LogP contribution in [0.1, 0.15) is 19.8 Å². The number of carbonyl (C=O) groups excluding carboxylic acids is 1. The highest BCUT2D eigenvalue weighted by molar-refractivity contribution is 7.93. The number of rotatable bonds is 7. The van der Waals surface area contributed by atoms with E-state index < -0.39 is 37.5 Å². The number of nitrogens with one attached hydrogen (secondary N) is 1. The van der Waals surface area contributed by atoms with Crippen molar-refractivity contribution in [3.63, 3.8) is 0 Å². The summed E-state index contributed by atoms with van der Waals surface area (Å²) in [6, 6.07) is 11.6. The van der Waals surface area contributed by atoms with Crippen LogP contribution in [0.15, 0.2) is 64.2 Å². The van der Waals surface area contributed by atoms with Crippen molar-refractivity contribution in [3.05, 3.63) is 64.4 Å². The van der Waals surface area contributed by atoms with E-state index in [1.54, 1.807) is 36.4 Å². The van der Waals surface area contributed by atoms with E-state index in [1.165, 1.54) is 28.6 Å². The summed E-state index contributed by atoms with van der Waals surface area (Å²) in [5.74, 6) is -0.896. The van der Waals surface area contributed by atoms with Gasteiger partial charge in [0.2, 0.25) is 10.0 Å². The third kappa shape index (κ3) is 6.06. The van der Waals surface area contributed by atoms with Gasteiger partial charge in [0.05, 0.1) is 4.90 Å². The minimum absolute atomic E-state index is 0.0749. The average Bonchev–Trinajstić information content (AvgIpc) is 3.30. The van der Waals surface area contributed by atoms with Gasteiger partial charge in [-0.2, -0.15) is 4.31 Å². The van der Waals surface area contributed by atoms with Crippen LogP contribution in [0.3, 0.4) is 0 Å². The van der Waals surface area contributed by atoms with Crippen LogP contribution < -0.4 is 5.32 Å². The van der Waals surface area contributed by atoms with Crippen LogP contribution in [0.2, 0.25) is 5.02 Å². The normalized spacial score (nSPS) is 17.7. The molecule has 0 saturated carbocycles. The quantitative estimate of drug-likeness (QED) is 0.431. The van der Waals surface area contributed by atoms with Crippen LogP contribution in [0.25, 0.3) is 21.2 Å². The molecule has 7 nitrogen and oxygen atoms in total. The molecular weight excluding hydrogens is 559 g/mol. The Morgan fingerprint density at radius 3 is 2.46 bits per heavy atom. The van der Waals surface area contributed by atoms with Crippen molar-refractivity contribution in [2.45, 2.75) is 36.4 Å². The Hall–Kier alpha value is -2.31. The molecule has 3 aromatic rings. The molecule has 4 rings (SSSR count). The molecule has 2 heterocycles. The molecule has 1 saturated heterocycles. The summed E-state index contributed by atoms with van der Waals surface area (Å²) in [5, 5.41) is 6.57. The molecule has 0 unspecified atom stereocenters. The van der Waals surface area contributed by atoms with Crippen molar-refractivity contribution in [1.82, 2.24) is 9.62 Å². The molecular formula is C25H26ClFN2O5S3. The highest BCUT2D eigenvalue weighted by Gasteiger charge is 2.45. The maximum Gasteiger partial charge on any atom is 0.258 e. The van der Waals surface area contributed by atoms with Crippen LogP contribution in [0.5, 0.6) is 0 Å². The predicted molar refractivity (Wildman–Crippen MR) is 146 cm³/mol. The predicted octanol–water partition coefficient (Wildman–Crippen LogP) is 4.78. The fraction of sp³-hybridized carbons (Fsp3) is 0.320. The molecule has 2 aromatic carbocycles. The number of piperidine rings is 1. The second-order valence-corrected chi connectivity index (χ2v) is 14.3. The zero-order valence-corrected chi connectivity index (χ0v) is 23.4. The van der Waals surface area contributed by atoms with E-state index >= 15 is 4.39 Å². The Kier molecular flexibility index (Phi) is 7.83. The van der Waals surface area contributed by atoms with Gasteiger partial charge in [-0.3, -0.25) is 4.79 Å². The highest BCUT2D eigenvalue weighted by atomic mass is 35.5. The number of fused-ring (bicyclic) bond motifs is 1. The first-order chi connectivity index (χ1) is 17.3. The molecule has 198 valence electrons. The van der Waals surface area contributed by atoms with Gasteiger partial charge in [-0.05, 0) is 42.0 Å². The monoisotopic (exact) mass is 584 g/mol. The number of sulfonamides is 1. The third-order valence-corrected chi connectivity index (χ3v) is 10.0. The van der Waals surface area contributed by atoms with Crippen molar-refractivity contribution < 1.29 is 26.0 Å². The van der Waals surface area contributed by atoms with Crippen molar-refractivity contribution in [1.29, 1.82) is 0 Å². The summed E-state index contributed by atoms with van der Waals surface area (Å²) < 4.78 is 67.7. The summed E-state index contributed by atoms with van der Waals surface area (Å²) in [7, 11) is -7.43. The maximum atomic E-state index is 15.5. The topological polar surface area (TPSA) is 101 Å². The van der Waals surface area contributed by atoms with Gasteiger partial charge in [0.25, 0.3) is 5.91 Å². The minimum Gasteiger partial charge on any atom is -0.347 e. The molecule has 0 spiro atoms. The lowest BCUT2D eigenvalue weighted by molar-refractivity contribution is -0.135. The number of sulfone groups is 1. The van der Waals surface area contributed by atoms with E-state index in [0.717, 1.165) is 21.7 Å². The second-order valence-electron chi connectivity index (χ2n) is 9.08. The first kappa shape index (κ1) is 27.7. The Balaban J connectivity index is 1.58. The smallest absolute Gasteiger partial charge is 0.258 e. The zero-order valence-electron chi connectivity index (χ0n) is 20.1. The van der Waals surface area contributed by atoms with Crippen LogP contribution in [0, 0.1) is 0 Å². The number of thiophene rings is 1. The maximum absolute atomic E-state index is 15.5. The number of alkyl halides is 1. The third-order valence-electron chi connectivity index (χ3n) is 6.23. The molecule has 1 aromatic heterocycles. The highest BCUT2D eigenvalue weighted by Crippen LogP contribution is 2.39. The van der Waals surface area contributed by atoms with Crippen molar-refractivity contribution in [2.75, 3.05) is 19.3 Å². The molecule has 1 fully saturated rings. The first-order valence-electron chi connectivity index (χ1n) is 11.4. The lowest BCUT2D eigenvalue weighted by Gasteiger charge is -2.35. The molecule has 0 radical (unpaired) electrons. The van der Waals surface area contributed by atoms with Crippen LogP contribution >= 0.6 is 22.9 Å². The summed E-state index contributed by atoms with van der Waals surface area (Å²) in [6.45, 7) is 1.15. The summed E-state index contributed by atoms with van der Waals surface area (Å²) in [4.78, 5) is 12.7. The van der Waals surface area contributed by atoms with Crippen molar-refractivity contribution in [2.24, 2.45) is 0 Å². The van der Waals surface area contributed by atoms with E-state index in [0.29, 0.717) is 16.1 Å². The summed E-state index contributed by atoms with van der Waals surface area (Å²) in [6.07, 6.45) is 1.61. The summed E-state index contributed by atoms with van der Waals surface area (Å²) >= 11 is 7.83. The Labute approximate surface area is 224 Å². The molecule has 0 bridgehead atoms. The molecule has 0 aliphatic carbocycles. The zero-order chi connectivity index (χ0) is 27.0. The number of halogens is 2. The van der Waals surface area contributed by atoms with Gasteiger partial charge in [-0.1, -0.05) is 35.9 Å². The number of benzene rings is 2. The number of carbonyl (C=O) groups is 1. The van der Waals surface area contributed by atoms with Crippen molar-refractivity contribution >= 4 is 58.8 Å². The van der Waals surface area contributed by atoms with E-state index in [2.05, 4.69) is 5.32 Å².